The van der Waals surface area contributed by atoms with Crippen LogP contribution >= 0.6 is 0 Å². The van der Waals surface area contributed by atoms with Crippen molar-refractivity contribution in [1.82, 2.24) is 9.78 Å². The van der Waals surface area contributed by atoms with Crippen molar-refractivity contribution < 1.29 is 4.39 Å². The lowest BCUT2D eigenvalue weighted by Gasteiger charge is -2.09. The smallest absolute Gasteiger partial charge is 0.148 e. The van der Waals surface area contributed by atoms with Gasteiger partial charge in [-0.25, -0.2) is 9.07 Å². The van der Waals surface area contributed by atoms with Crippen molar-refractivity contribution in [2.45, 2.75) is 26.2 Å². The Hall–Kier alpha value is -2.62. The third kappa shape index (κ3) is 2.48. The quantitative estimate of drug-likeness (QED) is 0.739. The lowest BCUT2D eigenvalue weighted by Crippen LogP contribution is -2.08. The fraction of sp³-hybridized carbons (Fsp3) is 0.250. The minimum Gasteiger partial charge on any atom is -0.370 e. The zero-order valence-corrected chi connectivity index (χ0v) is 13.7. The van der Waals surface area contributed by atoms with Crippen molar-refractivity contribution in [2.24, 2.45) is 0 Å². The Morgan fingerprint density at radius 1 is 1.04 bits per heavy atom. The molecule has 0 fully saturated rings. The number of nitrogens with zero attached hydrogens (tertiary/aromatic N) is 2. The molecule has 0 spiro atoms. The largest absolute Gasteiger partial charge is 0.370 e. The third-order valence-corrected chi connectivity index (χ3v) is 4.61. The summed E-state index contributed by atoms with van der Waals surface area (Å²) < 4.78 is 16.1. The number of aromatic nitrogens is 2. The van der Waals surface area contributed by atoms with E-state index in [4.69, 9.17) is 5.10 Å². The van der Waals surface area contributed by atoms with E-state index < -0.39 is 0 Å². The summed E-state index contributed by atoms with van der Waals surface area (Å²) in [6.45, 7) is 2.98. The van der Waals surface area contributed by atoms with Gasteiger partial charge in [0.15, 0.2) is 0 Å². The highest BCUT2D eigenvalue weighted by Gasteiger charge is 2.23. The van der Waals surface area contributed by atoms with Gasteiger partial charge < -0.3 is 5.32 Å². The van der Waals surface area contributed by atoms with Gasteiger partial charge in [0.25, 0.3) is 0 Å². The van der Waals surface area contributed by atoms with Crippen LogP contribution in [0.25, 0.3) is 16.9 Å². The molecule has 0 amide bonds. The first-order chi connectivity index (χ1) is 11.8. The highest BCUT2D eigenvalue weighted by Crippen LogP contribution is 2.35. The molecule has 3 aromatic rings. The van der Waals surface area contributed by atoms with Crippen LogP contribution in [0, 0.1) is 12.7 Å². The van der Waals surface area contributed by atoms with Crippen LogP contribution in [0.4, 0.5) is 10.2 Å². The summed E-state index contributed by atoms with van der Waals surface area (Å²) in [6.07, 6.45) is 3.18. The standard InChI is InChI=1S/C20H20FN3/c1-14-8-2-3-9-15(14)19-16-10-6-7-13-22-20(16)24(23-19)18-12-5-4-11-17(18)21/h2-5,8-9,11-12,22H,6-7,10,13H2,1H3. The SMILES string of the molecule is Cc1ccccc1-c1nn(-c2ccccc2F)c2c1CCCCN2. The maximum Gasteiger partial charge on any atom is 0.148 e. The molecule has 1 aromatic heterocycles. The molecule has 1 aliphatic heterocycles. The minimum atomic E-state index is -0.259. The van der Waals surface area contributed by atoms with Crippen LogP contribution in [-0.4, -0.2) is 16.3 Å². The number of fused-ring (bicyclic) bond motifs is 1. The number of anilines is 1. The molecule has 3 nitrogen and oxygen atoms in total. The van der Waals surface area contributed by atoms with Crippen molar-refractivity contribution in [3.63, 3.8) is 0 Å². The molecule has 0 aliphatic carbocycles. The Balaban J connectivity index is 1.96. The molecule has 122 valence electrons. The molecule has 2 heterocycles. The van der Waals surface area contributed by atoms with Gasteiger partial charge in [0.1, 0.15) is 17.3 Å². The Kier molecular flexibility index (Phi) is 3.81. The van der Waals surface area contributed by atoms with E-state index in [-0.39, 0.29) is 5.82 Å². The van der Waals surface area contributed by atoms with Gasteiger partial charge in [0.2, 0.25) is 0 Å². The first-order valence-corrected chi connectivity index (χ1v) is 8.42. The molecule has 0 bridgehead atoms. The number of rotatable bonds is 2. The van der Waals surface area contributed by atoms with Crippen LogP contribution in [0.15, 0.2) is 48.5 Å². The zero-order valence-electron chi connectivity index (χ0n) is 13.7. The van der Waals surface area contributed by atoms with Crippen LogP contribution in [0.2, 0.25) is 0 Å². The lowest BCUT2D eigenvalue weighted by atomic mass is 10.00. The van der Waals surface area contributed by atoms with Crippen LogP contribution in [0.1, 0.15) is 24.0 Å². The summed E-state index contributed by atoms with van der Waals surface area (Å²) in [5.74, 6) is 0.668. The van der Waals surface area contributed by atoms with E-state index in [1.54, 1.807) is 16.8 Å². The molecule has 1 N–H and O–H groups in total. The topological polar surface area (TPSA) is 29.9 Å². The molecule has 0 saturated heterocycles. The molecule has 1 aliphatic rings. The summed E-state index contributed by atoms with van der Waals surface area (Å²) >= 11 is 0. The fourth-order valence-corrected chi connectivity index (χ4v) is 3.36. The Bertz CT molecular complexity index is 812. The van der Waals surface area contributed by atoms with Crippen LogP contribution in [0.3, 0.4) is 0 Å². The van der Waals surface area contributed by atoms with E-state index >= 15 is 0 Å². The first-order valence-electron chi connectivity index (χ1n) is 8.42. The monoisotopic (exact) mass is 321 g/mol. The summed E-state index contributed by atoms with van der Waals surface area (Å²) in [5, 5.41) is 8.27. The van der Waals surface area contributed by atoms with Crippen LogP contribution in [0.5, 0.6) is 0 Å². The lowest BCUT2D eigenvalue weighted by molar-refractivity contribution is 0.611. The highest BCUT2D eigenvalue weighted by atomic mass is 19.1. The van der Waals surface area contributed by atoms with Crippen molar-refractivity contribution in [3.8, 4) is 16.9 Å². The second kappa shape index (κ2) is 6.11. The fourth-order valence-electron chi connectivity index (χ4n) is 3.36. The molecule has 4 rings (SSSR count). The van der Waals surface area contributed by atoms with Crippen molar-refractivity contribution >= 4 is 5.82 Å². The Morgan fingerprint density at radius 2 is 1.83 bits per heavy atom. The minimum absolute atomic E-state index is 0.259. The average molecular weight is 321 g/mol. The van der Waals surface area contributed by atoms with E-state index in [1.165, 1.54) is 17.2 Å². The molecule has 0 atom stereocenters. The van der Waals surface area contributed by atoms with Crippen LogP contribution < -0.4 is 5.32 Å². The summed E-state index contributed by atoms with van der Waals surface area (Å²) in [7, 11) is 0. The Labute approximate surface area is 141 Å². The second-order valence-corrected chi connectivity index (χ2v) is 6.24. The van der Waals surface area contributed by atoms with Gasteiger partial charge in [0.05, 0.1) is 5.69 Å². The van der Waals surface area contributed by atoms with Gasteiger partial charge in [-0.2, -0.15) is 5.10 Å². The van der Waals surface area contributed by atoms with Gasteiger partial charge in [-0.05, 0) is 43.9 Å². The van der Waals surface area contributed by atoms with E-state index in [0.717, 1.165) is 42.9 Å². The van der Waals surface area contributed by atoms with Gasteiger partial charge in [-0.3, -0.25) is 0 Å². The predicted octanol–water partition coefficient (Wildman–Crippen LogP) is 4.74. The predicted molar refractivity (Wildman–Crippen MR) is 95.1 cm³/mol. The number of hydrogen-bond donors (Lipinski definition) is 1. The van der Waals surface area contributed by atoms with E-state index in [9.17, 15) is 4.39 Å². The van der Waals surface area contributed by atoms with Gasteiger partial charge in [-0.15, -0.1) is 0 Å². The molecule has 2 aromatic carbocycles. The molecule has 0 saturated carbocycles. The molecular weight excluding hydrogens is 301 g/mol. The molecule has 24 heavy (non-hydrogen) atoms. The number of hydrogen-bond acceptors (Lipinski definition) is 2. The summed E-state index contributed by atoms with van der Waals surface area (Å²) in [5.41, 5.74) is 4.93. The molecule has 0 radical (unpaired) electrons. The maximum absolute atomic E-state index is 14.3. The van der Waals surface area contributed by atoms with Gasteiger partial charge in [-0.1, -0.05) is 36.4 Å². The third-order valence-electron chi connectivity index (χ3n) is 4.61. The second-order valence-electron chi connectivity index (χ2n) is 6.24. The van der Waals surface area contributed by atoms with Gasteiger partial charge in [0, 0.05) is 17.7 Å². The first kappa shape index (κ1) is 14.9. The van der Waals surface area contributed by atoms with Crippen molar-refractivity contribution in [3.05, 3.63) is 65.5 Å². The van der Waals surface area contributed by atoms with E-state index in [2.05, 4.69) is 24.4 Å². The maximum atomic E-state index is 14.3. The highest BCUT2D eigenvalue weighted by molar-refractivity contribution is 5.73. The number of aryl methyl sites for hydroxylation is 1. The number of nitrogens with one attached hydrogen (secondary N) is 1. The molecule has 0 unspecified atom stereocenters. The van der Waals surface area contributed by atoms with E-state index in [0.29, 0.717) is 5.69 Å². The number of halogens is 1. The summed E-state index contributed by atoms with van der Waals surface area (Å²) in [6, 6.07) is 15.0. The van der Waals surface area contributed by atoms with E-state index in [1.807, 2.05) is 18.2 Å². The number of para-hydroxylation sites is 1. The van der Waals surface area contributed by atoms with Crippen LogP contribution in [-0.2, 0) is 6.42 Å². The molecule has 4 heteroatoms. The average Bonchev–Trinajstić information content (AvgIpc) is 2.78. The number of benzene rings is 2. The van der Waals surface area contributed by atoms with Crippen molar-refractivity contribution in [1.29, 1.82) is 0 Å². The zero-order chi connectivity index (χ0) is 16.5. The molecular formula is C20H20FN3. The summed E-state index contributed by atoms with van der Waals surface area (Å²) in [4.78, 5) is 0. The normalized spacial score (nSPS) is 13.9. The van der Waals surface area contributed by atoms with Gasteiger partial charge >= 0.3 is 0 Å². The Morgan fingerprint density at radius 3 is 2.67 bits per heavy atom. The van der Waals surface area contributed by atoms with Crippen molar-refractivity contribution in [2.75, 3.05) is 11.9 Å².